The van der Waals surface area contributed by atoms with E-state index in [0.29, 0.717) is 12.7 Å². The smallest absolute Gasteiger partial charge is 0.309 e. The molecular weight excluding hydrogens is 746 g/mol. The number of likely N-dealkylation sites (N-methyl/N-ethyl adjacent to an activating group) is 1. The fourth-order valence-corrected chi connectivity index (χ4v) is 7.82. The van der Waals surface area contributed by atoms with E-state index in [2.05, 4.69) is 0 Å². The van der Waals surface area contributed by atoms with Crippen molar-refractivity contribution in [2.75, 3.05) is 21.2 Å². The number of hydrogen-bond donors (Lipinski definition) is 3. The van der Waals surface area contributed by atoms with E-state index in [1.807, 2.05) is 13.0 Å². The maximum atomic E-state index is 13.3. The Bertz CT molecular complexity index is 1350. The third-order valence-corrected chi connectivity index (χ3v) is 10.9. The molecule has 0 bridgehead atoms. The van der Waals surface area contributed by atoms with Crippen molar-refractivity contribution in [2.45, 2.75) is 179 Å². The van der Waals surface area contributed by atoms with Crippen LogP contribution in [0.4, 0.5) is 0 Å². The predicted molar refractivity (Wildman–Crippen MR) is 205 cm³/mol. The van der Waals surface area contributed by atoms with Gasteiger partial charge in [0.05, 0.1) is 36.9 Å². The fraction of sp³-hybridized carbons (Fsp3) is 0.805. The molecule has 2 fully saturated rings. The maximum absolute atomic E-state index is 13.3. The summed E-state index contributed by atoms with van der Waals surface area (Å²) in [5.74, 6) is -2.82. The number of carbonyl (C=O) groups is 4. The van der Waals surface area contributed by atoms with Crippen LogP contribution in [-0.4, -0.2) is 151 Å². The molecule has 0 aromatic rings. The van der Waals surface area contributed by atoms with E-state index < -0.39 is 121 Å². The molecule has 0 radical (unpaired) electrons. The molecule has 0 spiro atoms. The Morgan fingerprint density at radius 1 is 0.965 bits per heavy atom. The second kappa shape index (κ2) is 22.5. The zero-order chi connectivity index (χ0) is 42.6. The van der Waals surface area contributed by atoms with Gasteiger partial charge in [0.15, 0.2) is 18.7 Å². The van der Waals surface area contributed by atoms with Crippen LogP contribution in [0.5, 0.6) is 0 Å². The Balaban J connectivity index is 2.01. The van der Waals surface area contributed by atoms with Crippen LogP contribution >= 0.6 is 0 Å². The van der Waals surface area contributed by atoms with Gasteiger partial charge in [0.2, 0.25) is 0 Å². The first-order chi connectivity index (χ1) is 26.9. The number of cyclic esters (lactones) is 1. The summed E-state index contributed by atoms with van der Waals surface area (Å²) in [4.78, 5) is 52.3. The SMILES string of the molecule is CCC(=O)OC1CC(=O)OC(C)CC=CC=CC(O)C(C)CC(CC=O)C(O[C@@H]2O[C@H](C)[C@@H](O[C@H]3C[C@@](C)(O)[C@H](OC(=O)CC)[C@@H](C)O3)[C@H](N(C)C)[C@H]2O)C1OC. The molecule has 3 rings (SSSR count). The minimum atomic E-state index is -1.49. The molecule has 0 aliphatic carbocycles. The first-order valence-electron chi connectivity index (χ1n) is 20.1. The molecular formula is C41H67NO15. The molecule has 0 aromatic carbocycles. The lowest BCUT2D eigenvalue weighted by Gasteiger charge is -2.50. The van der Waals surface area contributed by atoms with Crippen molar-refractivity contribution in [3.8, 4) is 0 Å². The Labute approximate surface area is 337 Å². The highest BCUT2D eigenvalue weighted by atomic mass is 16.7. The van der Waals surface area contributed by atoms with Gasteiger partial charge < -0.3 is 62.9 Å². The average Bonchev–Trinajstić information content (AvgIpc) is 3.13. The molecule has 3 aliphatic rings. The zero-order valence-electron chi connectivity index (χ0n) is 35.2. The van der Waals surface area contributed by atoms with Gasteiger partial charge in [-0.1, -0.05) is 45.1 Å². The number of methoxy groups -OCH3 is 1. The monoisotopic (exact) mass is 813 g/mol. The van der Waals surface area contributed by atoms with E-state index in [9.17, 15) is 34.5 Å². The summed E-state index contributed by atoms with van der Waals surface area (Å²) < 4.78 is 48.5. The summed E-state index contributed by atoms with van der Waals surface area (Å²) in [6.45, 7) is 11.8. The standard InChI is InChI=1S/C41H67NO15/c1-11-30(45)54-29-21-32(47)51-24(4)16-14-13-15-17-28(44)23(3)20-27(18-19-43)37(38(29)50-10)57-40-35(48)34(42(8)9)36(25(5)53-40)56-33-22-41(7,49)39(26(6)52-33)55-31(46)12-2/h13-15,17,19,23-29,33-40,44,48-49H,11-12,16,18,20-22H2,1-10H3/t23?,24?,25-,26-,27?,28?,29?,33+,34-,35-,36-,37?,38?,39-,40+,41-/m1/s1. The molecule has 3 heterocycles. The number of ether oxygens (including phenoxy) is 8. The van der Waals surface area contributed by atoms with E-state index >= 15 is 0 Å². The van der Waals surface area contributed by atoms with Gasteiger partial charge in [-0.2, -0.15) is 0 Å². The summed E-state index contributed by atoms with van der Waals surface area (Å²) in [6, 6.07) is -0.779. The van der Waals surface area contributed by atoms with Crippen molar-refractivity contribution in [3.05, 3.63) is 24.3 Å². The summed E-state index contributed by atoms with van der Waals surface area (Å²) in [7, 11) is 4.86. The van der Waals surface area contributed by atoms with E-state index in [-0.39, 0.29) is 32.1 Å². The number of aldehydes is 1. The number of esters is 3. The Morgan fingerprint density at radius 3 is 2.23 bits per heavy atom. The minimum Gasteiger partial charge on any atom is -0.462 e. The number of hydrogen-bond acceptors (Lipinski definition) is 16. The fourth-order valence-electron chi connectivity index (χ4n) is 7.82. The normalized spacial score (nSPS) is 40.0. The quantitative estimate of drug-likeness (QED) is 0.147. The van der Waals surface area contributed by atoms with Crippen LogP contribution in [-0.2, 0) is 57.1 Å². The summed E-state index contributed by atoms with van der Waals surface area (Å²) in [5, 5.41) is 34.5. The highest BCUT2D eigenvalue weighted by Crippen LogP contribution is 2.37. The Hall–Kier alpha value is -2.80. The number of nitrogens with zero attached hydrogens (tertiary/aromatic N) is 1. The van der Waals surface area contributed by atoms with Crippen LogP contribution in [0.3, 0.4) is 0 Å². The lowest BCUT2D eigenvalue weighted by molar-refractivity contribution is -0.344. The Kier molecular flexibility index (Phi) is 19.2. The molecule has 326 valence electrons. The number of rotatable bonds is 12. The molecule has 3 N–H and O–H groups in total. The van der Waals surface area contributed by atoms with Gasteiger partial charge in [-0.25, -0.2) is 0 Å². The molecule has 16 heteroatoms. The second-order valence-corrected chi connectivity index (χ2v) is 16.0. The van der Waals surface area contributed by atoms with Gasteiger partial charge >= 0.3 is 17.9 Å². The molecule has 0 amide bonds. The van der Waals surface area contributed by atoms with Crippen LogP contribution in [0.2, 0.25) is 0 Å². The van der Waals surface area contributed by atoms with Crippen LogP contribution < -0.4 is 0 Å². The molecule has 7 unspecified atom stereocenters. The highest BCUT2D eigenvalue weighted by molar-refractivity contribution is 5.72. The summed E-state index contributed by atoms with van der Waals surface area (Å²) >= 11 is 0. The molecule has 16 atom stereocenters. The largest absolute Gasteiger partial charge is 0.462 e. The van der Waals surface area contributed by atoms with Gasteiger partial charge in [0.1, 0.15) is 42.4 Å². The van der Waals surface area contributed by atoms with E-state index in [0.717, 1.165) is 0 Å². The third-order valence-electron chi connectivity index (χ3n) is 10.9. The first kappa shape index (κ1) is 48.6. The number of carbonyl (C=O) groups excluding carboxylic acids is 4. The first-order valence-corrected chi connectivity index (χ1v) is 20.1. The van der Waals surface area contributed by atoms with Crippen molar-refractivity contribution in [1.29, 1.82) is 0 Å². The van der Waals surface area contributed by atoms with Gasteiger partial charge in [-0.3, -0.25) is 14.4 Å². The highest BCUT2D eigenvalue weighted by Gasteiger charge is 2.53. The van der Waals surface area contributed by atoms with Gasteiger partial charge in [0.25, 0.3) is 0 Å². The van der Waals surface area contributed by atoms with Gasteiger partial charge in [-0.05, 0) is 60.0 Å². The van der Waals surface area contributed by atoms with E-state index in [4.69, 9.17) is 37.9 Å². The van der Waals surface area contributed by atoms with Crippen molar-refractivity contribution < 1.29 is 72.4 Å². The third kappa shape index (κ3) is 13.6. The second-order valence-electron chi connectivity index (χ2n) is 16.0. The van der Waals surface area contributed by atoms with Crippen LogP contribution in [0.1, 0.15) is 93.4 Å². The lowest BCUT2D eigenvalue weighted by Crippen LogP contribution is -2.66. The molecule has 0 saturated carbocycles. The van der Waals surface area contributed by atoms with Gasteiger partial charge in [-0.15, -0.1) is 0 Å². The molecule has 0 aromatic heterocycles. The Morgan fingerprint density at radius 2 is 1.63 bits per heavy atom. The van der Waals surface area contributed by atoms with Crippen molar-refractivity contribution in [1.82, 2.24) is 4.90 Å². The van der Waals surface area contributed by atoms with Gasteiger partial charge in [0, 0.05) is 39.2 Å². The van der Waals surface area contributed by atoms with Crippen LogP contribution in [0.15, 0.2) is 24.3 Å². The minimum absolute atomic E-state index is 0.000633. The lowest BCUT2D eigenvalue weighted by atomic mass is 9.82. The number of aliphatic hydroxyl groups is 3. The molecule has 57 heavy (non-hydrogen) atoms. The zero-order valence-corrected chi connectivity index (χ0v) is 35.2. The van der Waals surface area contributed by atoms with Crippen molar-refractivity contribution in [2.24, 2.45) is 11.8 Å². The summed E-state index contributed by atoms with van der Waals surface area (Å²) in [5.41, 5.74) is -1.49. The molecule has 3 aliphatic heterocycles. The van der Waals surface area contributed by atoms with Crippen molar-refractivity contribution >= 4 is 24.2 Å². The summed E-state index contributed by atoms with van der Waals surface area (Å²) in [6.07, 6.45) is -4.08. The molecule has 16 nitrogen and oxygen atoms in total. The topological polar surface area (TPSA) is 206 Å². The van der Waals surface area contributed by atoms with E-state index in [1.54, 1.807) is 78.8 Å². The number of aliphatic hydroxyl groups excluding tert-OH is 2. The van der Waals surface area contributed by atoms with Crippen molar-refractivity contribution in [3.63, 3.8) is 0 Å². The van der Waals surface area contributed by atoms with Crippen LogP contribution in [0, 0.1) is 11.8 Å². The molecule has 2 saturated heterocycles. The number of allylic oxidation sites excluding steroid dienone is 2. The average molecular weight is 814 g/mol. The van der Waals surface area contributed by atoms with E-state index in [1.165, 1.54) is 7.11 Å². The van der Waals surface area contributed by atoms with Crippen LogP contribution in [0.25, 0.3) is 0 Å². The maximum Gasteiger partial charge on any atom is 0.309 e. The predicted octanol–water partition coefficient (Wildman–Crippen LogP) is 2.77.